The summed E-state index contributed by atoms with van der Waals surface area (Å²) in [6, 6.07) is 5.48. The van der Waals surface area contributed by atoms with Crippen molar-refractivity contribution in [3.63, 3.8) is 0 Å². The van der Waals surface area contributed by atoms with Gasteiger partial charge in [0.05, 0.1) is 11.5 Å². The number of rotatable bonds is 8. The van der Waals surface area contributed by atoms with Crippen molar-refractivity contribution >= 4 is 5.69 Å². The molecule has 1 atom stereocenters. The van der Waals surface area contributed by atoms with E-state index in [0.29, 0.717) is 24.3 Å². The van der Waals surface area contributed by atoms with Gasteiger partial charge in [0.15, 0.2) is 5.75 Å². The van der Waals surface area contributed by atoms with Gasteiger partial charge in [-0.25, -0.2) is 0 Å². The van der Waals surface area contributed by atoms with Crippen molar-refractivity contribution in [2.24, 2.45) is 5.92 Å². The Balaban J connectivity index is 2.96. The summed E-state index contributed by atoms with van der Waals surface area (Å²) in [6.45, 7) is 6.78. The summed E-state index contributed by atoms with van der Waals surface area (Å²) < 4.78 is 5.50. The highest BCUT2D eigenvalue weighted by atomic mass is 16.6. The van der Waals surface area contributed by atoms with Crippen molar-refractivity contribution in [2.75, 3.05) is 13.7 Å². The van der Waals surface area contributed by atoms with Gasteiger partial charge in [-0.15, -0.1) is 0 Å². The summed E-state index contributed by atoms with van der Waals surface area (Å²) in [7, 11) is 1.94. The van der Waals surface area contributed by atoms with Crippen LogP contribution < -0.4 is 10.1 Å². The molecule has 112 valence electrons. The SMILES string of the molecule is CCCOc1cc(CC(NC)C(C)C)ccc1[N+](=O)[O-]. The predicted molar refractivity (Wildman–Crippen MR) is 80.3 cm³/mol. The van der Waals surface area contributed by atoms with Gasteiger partial charge < -0.3 is 10.1 Å². The van der Waals surface area contributed by atoms with Gasteiger partial charge in [0.25, 0.3) is 0 Å². The van der Waals surface area contributed by atoms with Crippen molar-refractivity contribution in [3.05, 3.63) is 33.9 Å². The Kier molecular flexibility index (Phi) is 6.45. The smallest absolute Gasteiger partial charge is 0.310 e. The van der Waals surface area contributed by atoms with E-state index in [2.05, 4.69) is 19.2 Å². The summed E-state index contributed by atoms with van der Waals surface area (Å²) in [5.74, 6) is 0.864. The number of nitro benzene ring substituents is 1. The second-order valence-electron chi connectivity index (χ2n) is 5.25. The third-order valence-corrected chi connectivity index (χ3v) is 3.31. The molecule has 0 aromatic heterocycles. The highest BCUT2D eigenvalue weighted by molar-refractivity contribution is 5.48. The molecule has 0 aliphatic carbocycles. The van der Waals surface area contributed by atoms with Crippen LogP contribution in [0.1, 0.15) is 32.8 Å². The highest BCUT2D eigenvalue weighted by Gasteiger charge is 2.18. The topological polar surface area (TPSA) is 64.4 Å². The molecule has 0 fully saturated rings. The molecular weight excluding hydrogens is 256 g/mol. The predicted octanol–water partition coefficient (Wildman–Crippen LogP) is 3.17. The molecule has 1 aromatic carbocycles. The average molecular weight is 280 g/mol. The molecule has 1 unspecified atom stereocenters. The van der Waals surface area contributed by atoms with Crippen LogP contribution in [0.3, 0.4) is 0 Å². The van der Waals surface area contributed by atoms with E-state index in [4.69, 9.17) is 4.74 Å². The summed E-state index contributed by atoms with van der Waals surface area (Å²) in [5.41, 5.74) is 1.09. The largest absolute Gasteiger partial charge is 0.487 e. The van der Waals surface area contributed by atoms with Gasteiger partial charge in [-0.3, -0.25) is 10.1 Å². The summed E-state index contributed by atoms with van der Waals surface area (Å²) >= 11 is 0. The van der Waals surface area contributed by atoms with Crippen LogP contribution in [0.4, 0.5) is 5.69 Å². The quantitative estimate of drug-likeness (QED) is 0.587. The summed E-state index contributed by atoms with van der Waals surface area (Å²) in [6.07, 6.45) is 1.65. The number of likely N-dealkylation sites (N-methyl/N-ethyl adjacent to an activating group) is 1. The molecule has 0 saturated carbocycles. The molecule has 1 aromatic rings. The van der Waals surface area contributed by atoms with Gasteiger partial charge in [0.1, 0.15) is 0 Å². The van der Waals surface area contributed by atoms with Crippen LogP contribution in [0.5, 0.6) is 5.75 Å². The maximum atomic E-state index is 11.0. The first-order valence-electron chi connectivity index (χ1n) is 7.07. The van der Waals surface area contributed by atoms with E-state index in [-0.39, 0.29) is 5.69 Å². The first-order chi connectivity index (χ1) is 9.49. The van der Waals surface area contributed by atoms with Gasteiger partial charge in [-0.05, 0) is 37.4 Å². The molecule has 0 heterocycles. The van der Waals surface area contributed by atoms with E-state index in [1.165, 1.54) is 6.07 Å². The lowest BCUT2D eigenvalue weighted by Gasteiger charge is -2.20. The van der Waals surface area contributed by atoms with Gasteiger partial charge in [-0.1, -0.05) is 26.8 Å². The van der Waals surface area contributed by atoms with Crippen LogP contribution in [0.15, 0.2) is 18.2 Å². The standard InChI is InChI=1S/C15H24N2O3/c1-5-8-20-15-10-12(6-7-14(15)17(18)19)9-13(16-4)11(2)3/h6-7,10-11,13,16H,5,8-9H2,1-4H3. The molecule has 5 nitrogen and oxygen atoms in total. The second-order valence-corrected chi connectivity index (χ2v) is 5.25. The Morgan fingerprint density at radius 2 is 2.10 bits per heavy atom. The van der Waals surface area contributed by atoms with E-state index < -0.39 is 4.92 Å². The molecule has 5 heteroatoms. The van der Waals surface area contributed by atoms with E-state index in [0.717, 1.165) is 18.4 Å². The van der Waals surface area contributed by atoms with Crippen LogP contribution >= 0.6 is 0 Å². The van der Waals surface area contributed by atoms with Gasteiger partial charge in [0, 0.05) is 12.1 Å². The molecule has 0 bridgehead atoms. The summed E-state index contributed by atoms with van der Waals surface area (Å²) in [5, 5.41) is 14.3. The zero-order chi connectivity index (χ0) is 15.1. The Labute approximate surface area is 120 Å². The minimum atomic E-state index is -0.396. The molecule has 0 saturated heterocycles. The fraction of sp³-hybridized carbons (Fsp3) is 0.600. The van der Waals surface area contributed by atoms with E-state index in [1.807, 2.05) is 20.0 Å². The molecular formula is C15H24N2O3. The number of nitrogens with one attached hydrogen (secondary N) is 1. The minimum Gasteiger partial charge on any atom is -0.487 e. The molecule has 0 amide bonds. The number of hydrogen-bond acceptors (Lipinski definition) is 4. The molecule has 1 rings (SSSR count). The van der Waals surface area contributed by atoms with Gasteiger partial charge in [-0.2, -0.15) is 0 Å². The van der Waals surface area contributed by atoms with Crippen LogP contribution in [-0.2, 0) is 6.42 Å². The van der Waals surface area contributed by atoms with E-state index in [9.17, 15) is 10.1 Å². The lowest BCUT2D eigenvalue weighted by Crippen LogP contribution is -2.32. The first-order valence-corrected chi connectivity index (χ1v) is 7.07. The number of nitro groups is 1. The van der Waals surface area contributed by atoms with Crippen molar-refractivity contribution < 1.29 is 9.66 Å². The maximum absolute atomic E-state index is 11.0. The van der Waals surface area contributed by atoms with Crippen molar-refractivity contribution in [1.29, 1.82) is 0 Å². The van der Waals surface area contributed by atoms with Crippen LogP contribution in [0, 0.1) is 16.0 Å². The van der Waals surface area contributed by atoms with Crippen molar-refractivity contribution in [3.8, 4) is 5.75 Å². The number of hydrogen-bond donors (Lipinski definition) is 1. The van der Waals surface area contributed by atoms with Crippen LogP contribution in [0.2, 0.25) is 0 Å². The third-order valence-electron chi connectivity index (χ3n) is 3.31. The fourth-order valence-electron chi connectivity index (χ4n) is 2.09. The Morgan fingerprint density at radius 3 is 2.60 bits per heavy atom. The molecule has 0 aliphatic rings. The number of nitrogens with zero attached hydrogens (tertiary/aromatic N) is 1. The third kappa shape index (κ3) is 4.49. The fourth-order valence-corrected chi connectivity index (χ4v) is 2.09. The van der Waals surface area contributed by atoms with Crippen molar-refractivity contribution in [2.45, 2.75) is 39.7 Å². The molecule has 0 radical (unpaired) electrons. The minimum absolute atomic E-state index is 0.0350. The van der Waals surface area contributed by atoms with Gasteiger partial charge in [0.2, 0.25) is 0 Å². The monoisotopic (exact) mass is 280 g/mol. The maximum Gasteiger partial charge on any atom is 0.310 e. The second kappa shape index (κ2) is 7.85. The van der Waals surface area contributed by atoms with E-state index in [1.54, 1.807) is 6.07 Å². The number of ether oxygens (including phenoxy) is 1. The zero-order valence-electron chi connectivity index (χ0n) is 12.7. The average Bonchev–Trinajstić information content (AvgIpc) is 2.41. The lowest BCUT2D eigenvalue weighted by atomic mass is 9.96. The molecule has 0 aliphatic heterocycles. The Hall–Kier alpha value is -1.62. The lowest BCUT2D eigenvalue weighted by molar-refractivity contribution is -0.385. The normalized spacial score (nSPS) is 12.4. The highest BCUT2D eigenvalue weighted by Crippen LogP contribution is 2.29. The van der Waals surface area contributed by atoms with Crippen LogP contribution in [-0.4, -0.2) is 24.6 Å². The summed E-state index contributed by atoms with van der Waals surface area (Å²) in [4.78, 5) is 10.6. The Bertz CT molecular complexity index is 447. The van der Waals surface area contributed by atoms with Gasteiger partial charge >= 0.3 is 5.69 Å². The zero-order valence-corrected chi connectivity index (χ0v) is 12.7. The Morgan fingerprint density at radius 1 is 1.40 bits per heavy atom. The van der Waals surface area contributed by atoms with E-state index >= 15 is 0 Å². The van der Waals surface area contributed by atoms with Crippen LogP contribution in [0.25, 0.3) is 0 Å². The van der Waals surface area contributed by atoms with Crippen molar-refractivity contribution in [1.82, 2.24) is 5.32 Å². The molecule has 1 N–H and O–H groups in total. The number of benzene rings is 1. The molecule has 0 spiro atoms. The molecule has 20 heavy (non-hydrogen) atoms. The first kappa shape index (κ1) is 16.4.